The molecule has 0 atom stereocenters. The Labute approximate surface area is 138 Å². The van der Waals surface area contributed by atoms with Crippen LogP contribution < -0.4 is 4.74 Å². The number of hydrogen-bond donors (Lipinski definition) is 1. The highest BCUT2D eigenvalue weighted by molar-refractivity contribution is 6.03. The van der Waals surface area contributed by atoms with Gasteiger partial charge in [-0.05, 0) is 62.4 Å². The topological polar surface area (TPSA) is 59.4 Å². The number of nitrogens with zero attached hydrogens (tertiary/aromatic N) is 1. The predicted octanol–water partition coefficient (Wildman–Crippen LogP) is 4.53. The molecule has 0 amide bonds. The van der Waals surface area contributed by atoms with Crippen LogP contribution in [0, 0.1) is 5.82 Å². The van der Waals surface area contributed by atoms with E-state index in [9.17, 15) is 14.3 Å². The predicted molar refractivity (Wildman–Crippen MR) is 89.9 cm³/mol. The lowest BCUT2D eigenvalue weighted by Crippen LogP contribution is -2.05. The zero-order valence-electron chi connectivity index (χ0n) is 13.3. The average Bonchev–Trinajstić information content (AvgIpc) is 2.54. The summed E-state index contributed by atoms with van der Waals surface area (Å²) in [4.78, 5) is 16.0. The molecule has 0 radical (unpaired) electrons. The van der Waals surface area contributed by atoms with Crippen LogP contribution in [0.15, 0.2) is 48.5 Å². The van der Waals surface area contributed by atoms with Crippen molar-refractivity contribution < 1.29 is 19.0 Å². The molecule has 0 aliphatic carbocycles. The van der Waals surface area contributed by atoms with E-state index in [-0.39, 0.29) is 17.1 Å². The SMILES string of the molecule is CC(C)Oc1ccc(-c2cc(C(=O)O)c3cc(F)ccc3n2)cc1. The highest BCUT2D eigenvalue weighted by Gasteiger charge is 2.14. The lowest BCUT2D eigenvalue weighted by atomic mass is 10.0. The Morgan fingerprint density at radius 3 is 2.46 bits per heavy atom. The Balaban J connectivity index is 2.09. The van der Waals surface area contributed by atoms with Gasteiger partial charge in [0.25, 0.3) is 0 Å². The van der Waals surface area contributed by atoms with E-state index in [1.807, 2.05) is 38.1 Å². The van der Waals surface area contributed by atoms with Crippen molar-refractivity contribution in [2.45, 2.75) is 20.0 Å². The minimum Gasteiger partial charge on any atom is -0.491 e. The Bertz CT molecular complexity index is 904. The second-order valence-corrected chi connectivity index (χ2v) is 5.71. The second kappa shape index (κ2) is 6.28. The van der Waals surface area contributed by atoms with Gasteiger partial charge >= 0.3 is 5.97 Å². The molecule has 0 saturated heterocycles. The molecular weight excluding hydrogens is 309 g/mol. The van der Waals surface area contributed by atoms with Crippen LogP contribution in [0.1, 0.15) is 24.2 Å². The molecule has 0 spiro atoms. The van der Waals surface area contributed by atoms with Gasteiger partial charge in [-0.15, -0.1) is 0 Å². The first-order valence-corrected chi connectivity index (χ1v) is 7.55. The van der Waals surface area contributed by atoms with Gasteiger partial charge in [-0.3, -0.25) is 0 Å². The van der Waals surface area contributed by atoms with Gasteiger partial charge in [0.05, 0.1) is 22.9 Å². The number of rotatable bonds is 4. The summed E-state index contributed by atoms with van der Waals surface area (Å²) in [5.41, 5.74) is 1.74. The summed E-state index contributed by atoms with van der Waals surface area (Å²) in [6, 6.07) is 12.7. The van der Waals surface area contributed by atoms with Crippen LogP contribution in [0.2, 0.25) is 0 Å². The number of fused-ring (bicyclic) bond motifs is 1. The zero-order chi connectivity index (χ0) is 17.3. The number of aromatic nitrogens is 1. The molecule has 1 heterocycles. The van der Waals surface area contributed by atoms with Gasteiger partial charge in [0.2, 0.25) is 0 Å². The van der Waals surface area contributed by atoms with Gasteiger partial charge in [0.1, 0.15) is 11.6 Å². The monoisotopic (exact) mass is 325 g/mol. The van der Waals surface area contributed by atoms with Crippen LogP contribution >= 0.6 is 0 Å². The van der Waals surface area contributed by atoms with E-state index in [0.717, 1.165) is 11.3 Å². The Hall–Kier alpha value is -2.95. The molecule has 24 heavy (non-hydrogen) atoms. The number of carboxylic acid groups (broad SMARTS) is 1. The zero-order valence-corrected chi connectivity index (χ0v) is 13.3. The van der Waals surface area contributed by atoms with Gasteiger partial charge in [0, 0.05) is 10.9 Å². The molecule has 122 valence electrons. The molecule has 1 N–H and O–H groups in total. The number of halogens is 1. The molecular formula is C19H16FNO3. The second-order valence-electron chi connectivity index (χ2n) is 5.71. The number of pyridine rings is 1. The molecule has 2 aromatic carbocycles. The molecule has 0 aliphatic heterocycles. The third-order valence-electron chi connectivity index (χ3n) is 3.52. The van der Waals surface area contributed by atoms with E-state index in [1.165, 1.54) is 24.3 Å². The normalized spacial score (nSPS) is 11.0. The third kappa shape index (κ3) is 3.20. The van der Waals surface area contributed by atoms with Crippen molar-refractivity contribution in [3.8, 4) is 17.0 Å². The molecule has 3 rings (SSSR count). The number of aromatic carboxylic acids is 1. The summed E-state index contributed by atoms with van der Waals surface area (Å²) in [6.07, 6.45) is 0.0724. The first kappa shape index (κ1) is 15.9. The minimum atomic E-state index is -1.12. The maximum atomic E-state index is 13.4. The van der Waals surface area contributed by atoms with Crippen molar-refractivity contribution in [1.82, 2.24) is 4.98 Å². The van der Waals surface area contributed by atoms with Crippen LogP contribution in [0.25, 0.3) is 22.2 Å². The molecule has 0 fully saturated rings. The standard InChI is InChI=1S/C19H16FNO3/c1-11(2)24-14-6-3-12(4-7-14)18-10-16(19(22)23)15-9-13(20)5-8-17(15)21-18/h3-11H,1-2H3,(H,22,23). The molecule has 0 saturated carbocycles. The number of benzene rings is 2. The van der Waals surface area contributed by atoms with Crippen molar-refractivity contribution in [3.05, 3.63) is 59.9 Å². The van der Waals surface area contributed by atoms with Crippen molar-refractivity contribution in [1.29, 1.82) is 0 Å². The van der Waals surface area contributed by atoms with Crippen molar-refractivity contribution in [3.63, 3.8) is 0 Å². The van der Waals surface area contributed by atoms with Crippen LogP contribution in [0.5, 0.6) is 5.75 Å². The number of hydrogen-bond acceptors (Lipinski definition) is 3. The maximum Gasteiger partial charge on any atom is 0.336 e. The van der Waals surface area contributed by atoms with Gasteiger partial charge in [0.15, 0.2) is 0 Å². The summed E-state index contributed by atoms with van der Waals surface area (Å²) < 4.78 is 19.0. The fraction of sp³-hybridized carbons (Fsp3) is 0.158. The molecule has 3 aromatic rings. The van der Waals surface area contributed by atoms with E-state index in [0.29, 0.717) is 11.2 Å². The van der Waals surface area contributed by atoms with Crippen LogP contribution in [-0.2, 0) is 0 Å². The quantitative estimate of drug-likeness (QED) is 0.766. The highest BCUT2D eigenvalue weighted by atomic mass is 19.1. The molecule has 0 unspecified atom stereocenters. The molecule has 5 heteroatoms. The van der Waals surface area contributed by atoms with E-state index >= 15 is 0 Å². The Morgan fingerprint density at radius 2 is 1.83 bits per heavy atom. The van der Waals surface area contributed by atoms with Gasteiger partial charge < -0.3 is 9.84 Å². The van der Waals surface area contributed by atoms with Crippen LogP contribution in [0.3, 0.4) is 0 Å². The Morgan fingerprint density at radius 1 is 1.12 bits per heavy atom. The average molecular weight is 325 g/mol. The number of ether oxygens (including phenoxy) is 1. The van der Waals surface area contributed by atoms with E-state index < -0.39 is 11.8 Å². The molecule has 4 nitrogen and oxygen atoms in total. The lowest BCUT2D eigenvalue weighted by Gasteiger charge is -2.11. The van der Waals surface area contributed by atoms with Gasteiger partial charge in [-0.2, -0.15) is 0 Å². The third-order valence-corrected chi connectivity index (χ3v) is 3.52. The van der Waals surface area contributed by atoms with E-state index in [2.05, 4.69) is 4.98 Å². The maximum absolute atomic E-state index is 13.4. The largest absolute Gasteiger partial charge is 0.491 e. The molecule has 0 bridgehead atoms. The summed E-state index contributed by atoms with van der Waals surface area (Å²) in [7, 11) is 0. The van der Waals surface area contributed by atoms with E-state index in [4.69, 9.17) is 4.74 Å². The van der Waals surface area contributed by atoms with Crippen LogP contribution in [-0.4, -0.2) is 22.2 Å². The van der Waals surface area contributed by atoms with Crippen LogP contribution in [0.4, 0.5) is 4.39 Å². The van der Waals surface area contributed by atoms with Crippen molar-refractivity contribution in [2.75, 3.05) is 0 Å². The summed E-state index contributed by atoms with van der Waals surface area (Å²) in [6.45, 7) is 3.88. The first-order chi connectivity index (χ1) is 11.4. The number of carbonyl (C=O) groups is 1. The molecule has 1 aromatic heterocycles. The van der Waals surface area contributed by atoms with Crippen molar-refractivity contribution in [2.24, 2.45) is 0 Å². The lowest BCUT2D eigenvalue weighted by molar-refractivity contribution is 0.0699. The summed E-state index contributed by atoms with van der Waals surface area (Å²) in [5, 5.41) is 9.70. The Kier molecular flexibility index (Phi) is 4.16. The van der Waals surface area contributed by atoms with E-state index in [1.54, 1.807) is 0 Å². The smallest absolute Gasteiger partial charge is 0.336 e. The fourth-order valence-corrected chi connectivity index (χ4v) is 2.50. The highest BCUT2D eigenvalue weighted by Crippen LogP contribution is 2.27. The van der Waals surface area contributed by atoms with Gasteiger partial charge in [-0.25, -0.2) is 14.2 Å². The first-order valence-electron chi connectivity index (χ1n) is 7.55. The van der Waals surface area contributed by atoms with Gasteiger partial charge in [-0.1, -0.05) is 0 Å². The summed E-state index contributed by atoms with van der Waals surface area (Å²) >= 11 is 0. The fourth-order valence-electron chi connectivity index (χ4n) is 2.50. The molecule has 0 aliphatic rings. The minimum absolute atomic E-state index is 0.0250. The number of carboxylic acids is 1. The van der Waals surface area contributed by atoms with Crippen molar-refractivity contribution >= 4 is 16.9 Å². The summed E-state index contributed by atoms with van der Waals surface area (Å²) in [5.74, 6) is -0.876.